The van der Waals surface area contributed by atoms with Crippen molar-refractivity contribution in [2.75, 3.05) is 6.61 Å². The van der Waals surface area contributed by atoms with Gasteiger partial charge in [-0.2, -0.15) is 0 Å². The zero-order valence-electron chi connectivity index (χ0n) is 6.66. The van der Waals surface area contributed by atoms with E-state index in [-0.39, 0.29) is 52.8 Å². The summed E-state index contributed by atoms with van der Waals surface area (Å²) < 4.78 is 0. The summed E-state index contributed by atoms with van der Waals surface area (Å²) in [4.78, 5) is 8.56. The van der Waals surface area contributed by atoms with E-state index in [0.717, 1.165) is 6.42 Å². The summed E-state index contributed by atoms with van der Waals surface area (Å²) in [6, 6.07) is 0. The van der Waals surface area contributed by atoms with E-state index in [2.05, 4.69) is 0 Å². The number of hydrogen-bond acceptors (Lipinski definition) is 2. The Morgan fingerprint density at radius 3 is 1.67 bits per heavy atom. The minimum absolute atomic E-state index is 0. The van der Waals surface area contributed by atoms with E-state index in [1.807, 2.05) is 6.92 Å². The van der Waals surface area contributed by atoms with Gasteiger partial charge in [-0.05, 0) is 6.42 Å². The van der Waals surface area contributed by atoms with Crippen LogP contribution in [0.3, 0.4) is 0 Å². The Balaban J connectivity index is -0.0000000300. The first-order valence-corrected chi connectivity index (χ1v) is 2.17. The predicted octanol–water partition coefficient (Wildman–Crippen LogP) is -2.27. The molecule has 0 saturated carbocycles. The summed E-state index contributed by atoms with van der Waals surface area (Å²) in [6.45, 7) is 2.25. The van der Waals surface area contributed by atoms with Gasteiger partial charge >= 0.3 is 57.5 Å². The van der Waals surface area contributed by atoms with E-state index in [4.69, 9.17) is 20.1 Å². The van der Waals surface area contributed by atoms with Crippen molar-refractivity contribution in [3.8, 4) is 0 Å². The molecule has 4 nitrogen and oxygen atoms in total. The average Bonchev–Trinajstić information content (AvgIpc) is 1.65. The Bertz CT molecular complexity index is 55.2. The molecule has 0 radical (unpaired) electrons. The van der Waals surface area contributed by atoms with Crippen LogP contribution in [0.1, 0.15) is 14.8 Å². The number of aliphatic hydroxyl groups is 1. The number of carboxylic acid groups (broad SMARTS) is 2. The monoisotopic (exact) mass is 162 g/mol. The van der Waals surface area contributed by atoms with Gasteiger partial charge in [-0.25, -0.2) is 4.79 Å². The van der Waals surface area contributed by atoms with Gasteiger partial charge in [0, 0.05) is 6.61 Å². The van der Waals surface area contributed by atoms with Crippen LogP contribution in [0, 0.1) is 0 Å². The van der Waals surface area contributed by atoms with Crippen LogP contribution in [0.2, 0.25) is 0 Å². The Morgan fingerprint density at radius 1 is 1.56 bits per heavy atom. The molecule has 9 heavy (non-hydrogen) atoms. The van der Waals surface area contributed by atoms with Crippen molar-refractivity contribution in [3.63, 3.8) is 0 Å². The van der Waals surface area contributed by atoms with Crippen molar-refractivity contribution < 1.29 is 72.9 Å². The van der Waals surface area contributed by atoms with Gasteiger partial charge < -0.3 is 16.7 Å². The van der Waals surface area contributed by atoms with E-state index < -0.39 is 6.16 Å². The smallest absolute Gasteiger partial charge is 1.00 e. The number of carbonyl (C=O) groups is 1. The molecule has 3 N–H and O–H groups in total. The summed E-state index contributed by atoms with van der Waals surface area (Å²) >= 11 is 0. The van der Waals surface area contributed by atoms with Gasteiger partial charge in [0.15, 0.2) is 0 Å². The minimum Gasteiger partial charge on any atom is -1.00 e. The minimum atomic E-state index is -1.83. The predicted molar refractivity (Wildman–Crippen MR) is 29.1 cm³/mol. The van der Waals surface area contributed by atoms with Gasteiger partial charge in [-0.15, -0.1) is 0 Å². The Labute approximate surface area is 97.8 Å². The Hall–Kier alpha value is 0.866. The first-order valence-electron chi connectivity index (χ1n) is 2.17. The molecular formula is C4H11KO4. The van der Waals surface area contributed by atoms with Crippen LogP contribution in [0.5, 0.6) is 0 Å². The van der Waals surface area contributed by atoms with Crippen molar-refractivity contribution in [2.24, 2.45) is 0 Å². The van der Waals surface area contributed by atoms with Crippen LogP contribution in [-0.2, 0) is 0 Å². The molecule has 0 rings (SSSR count). The molecule has 52 valence electrons. The molecule has 0 aliphatic heterocycles. The molecule has 0 aliphatic rings. The van der Waals surface area contributed by atoms with E-state index in [9.17, 15) is 0 Å². The summed E-state index contributed by atoms with van der Waals surface area (Å²) in [5.74, 6) is 0. The molecular weight excluding hydrogens is 151 g/mol. The van der Waals surface area contributed by atoms with E-state index in [1.54, 1.807) is 0 Å². The number of aliphatic hydroxyl groups excluding tert-OH is 1. The van der Waals surface area contributed by atoms with Crippen molar-refractivity contribution in [1.82, 2.24) is 0 Å². The van der Waals surface area contributed by atoms with Gasteiger partial charge in [0.05, 0.1) is 0 Å². The molecule has 0 unspecified atom stereocenters. The first-order chi connectivity index (χ1) is 3.65. The SMILES string of the molecule is CCCO.O=C(O)O.[H-].[K+]. The summed E-state index contributed by atoms with van der Waals surface area (Å²) in [5, 5.41) is 21.8. The molecule has 0 atom stereocenters. The molecule has 0 heterocycles. The van der Waals surface area contributed by atoms with Crippen LogP contribution < -0.4 is 51.4 Å². The maximum Gasteiger partial charge on any atom is 1.00 e. The van der Waals surface area contributed by atoms with Crippen LogP contribution in [0.25, 0.3) is 0 Å². The van der Waals surface area contributed by atoms with E-state index >= 15 is 0 Å². The fourth-order valence-electron chi connectivity index (χ4n) is 0. The zero-order valence-corrected chi connectivity index (χ0v) is 8.79. The van der Waals surface area contributed by atoms with Crippen LogP contribution >= 0.6 is 0 Å². The van der Waals surface area contributed by atoms with Gasteiger partial charge in [0.2, 0.25) is 0 Å². The molecule has 5 heteroatoms. The molecule has 0 aromatic rings. The van der Waals surface area contributed by atoms with Crippen LogP contribution in [0.4, 0.5) is 4.79 Å². The van der Waals surface area contributed by atoms with Gasteiger partial charge in [0.25, 0.3) is 0 Å². The average molecular weight is 162 g/mol. The molecule has 0 amide bonds. The third-order valence-electron chi connectivity index (χ3n) is 0.224. The molecule has 0 aromatic carbocycles. The second kappa shape index (κ2) is 15.9. The summed E-state index contributed by atoms with van der Waals surface area (Å²) in [5.41, 5.74) is 0. The summed E-state index contributed by atoms with van der Waals surface area (Å²) in [7, 11) is 0. The molecule has 0 aliphatic carbocycles. The fraction of sp³-hybridized carbons (Fsp3) is 0.750. The summed E-state index contributed by atoms with van der Waals surface area (Å²) in [6.07, 6.45) is -0.958. The largest absolute Gasteiger partial charge is 1.00 e. The maximum absolute atomic E-state index is 8.56. The maximum atomic E-state index is 8.56. The molecule has 0 saturated heterocycles. The third kappa shape index (κ3) is 120. The van der Waals surface area contributed by atoms with Gasteiger partial charge in [0.1, 0.15) is 0 Å². The topological polar surface area (TPSA) is 77.8 Å². The Kier molecular flexibility index (Phi) is 29.1. The number of hydrogen-bond donors (Lipinski definition) is 3. The van der Waals surface area contributed by atoms with Crippen molar-refractivity contribution in [1.29, 1.82) is 0 Å². The second-order valence-electron chi connectivity index (χ2n) is 1.01. The first kappa shape index (κ1) is 16.5. The van der Waals surface area contributed by atoms with Crippen LogP contribution in [0.15, 0.2) is 0 Å². The Morgan fingerprint density at radius 2 is 1.67 bits per heavy atom. The number of rotatable bonds is 1. The van der Waals surface area contributed by atoms with Crippen molar-refractivity contribution in [2.45, 2.75) is 13.3 Å². The second-order valence-corrected chi connectivity index (χ2v) is 1.01. The van der Waals surface area contributed by atoms with Crippen molar-refractivity contribution >= 4 is 6.16 Å². The van der Waals surface area contributed by atoms with Gasteiger partial charge in [-0.3, -0.25) is 0 Å². The molecule has 0 fully saturated rings. The zero-order chi connectivity index (χ0) is 6.99. The molecule has 0 aromatic heterocycles. The van der Waals surface area contributed by atoms with E-state index in [1.165, 1.54) is 0 Å². The third-order valence-corrected chi connectivity index (χ3v) is 0.224. The van der Waals surface area contributed by atoms with Crippen molar-refractivity contribution in [3.05, 3.63) is 0 Å². The molecule has 0 spiro atoms. The fourth-order valence-corrected chi connectivity index (χ4v) is 0. The van der Waals surface area contributed by atoms with E-state index in [0.29, 0.717) is 6.61 Å². The van der Waals surface area contributed by atoms with Gasteiger partial charge in [-0.1, -0.05) is 6.92 Å². The molecule has 0 bridgehead atoms. The standard InChI is InChI=1S/C3H8O.CH2O3.K.H/c1-2-3-4;2-1(3)4;;/h4H,2-3H2,1H3;(H2,2,3,4);;/q;;+1;-1. The quantitative estimate of drug-likeness (QED) is 0.380. The normalized spacial score (nSPS) is 6.00. The van der Waals surface area contributed by atoms with Crippen LogP contribution in [-0.4, -0.2) is 28.1 Å².